The predicted molar refractivity (Wildman–Crippen MR) is 74.1 cm³/mol. The average molecular weight is 229 g/mol. The molecule has 0 amide bonds. The fourth-order valence-corrected chi connectivity index (χ4v) is 2.48. The first kappa shape index (κ1) is 12.4. The molecule has 0 saturated carbocycles. The molecule has 0 aliphatic heterocycles. The van der Waals surface area contributed by atoms with Crippen molar-refractivity contribution < 1.29 is 0 Å². The van der Waals surface area contributed by atoms with Crippen molar-refractivity contribution in [2.24, 2.45) is 0 Å². The summed E-state index contributed by atoms with van der Waals surface area (Å²) in [6.07, 6.45) is 9.44. The third-order valence-electron chi connectivity index (χ3n) is 3.59. The van der Waals surface area contributed by atoms with Crippen LogP contribution in [0.15, 0.2) is 36.4 Å². The van der Waals surface area contributed by atoms with Gasteiger partial charge in [-0.25, -0.2) is 0 Å². The molecule has 0 spiro atoms. The van der Waals surface area contributed by atoms with Gasteiger partial charge in [-0.05, 0) is 38.2 Å². The minimum Gasteiger partial charge on any atom is -0.307 e. The summed E-state index contributed by atoms with van der Waals surface area (Å²) in [5.41, 5.74) is 2.76. The molecule has 1 aliphatic rings. The molecule has 1 aromatic carbocycles. The molecule has 2 atom stereocenters. The van der Waals surface area contributed by atoms with E-state index in [-0.39, 0.29) is 0 Å². The number of rotatable bonds is 4. The van der Waals surface area contributed by atoms with Crippen LogP contribution in [-0.4, -0.2) is 6.04 Å². The van der Waals surface area contributed by atoms with Gasteiger partial charge in [-0.15, -0.1) is 0 Å². The lowest BCUT2D eigenvalue weighted by Gasteiger charge is -2.26. The lowest BCUT2D eigenvalue weighted by molar-refractivity contribution is 0.402. The fraction of sp³-hybridized carbons (Fsp3) is 0.500. The molecule has 2 rings (SSSR count). The van der Waals surface area contributed by atoms with Crippen molar-refractivity contribution in [3.63, 3.8) is 0 Å². The van der Waals surface area contributed by atoms with Crippen LogP contribution in [0.25, 0.3) is 0 Å². The summed E-state index contributed by atoms with van der Waals surface area (Å²) in [5, 5.41) is 3.79. The number of hydrogen-bond donors (Lipinski definition) is 1. The van der Waals surface area contributed by atoms with Gasteiger partial charge in [-0.3, -0.25) is 0 Å². The zero-order chi connectivity index (χ0) is 12.1. The highest BCUT2D eigenvalue weighted by molar-refractivity contribution is 5.24. The standard InChI is InChI=1S/C16H23N/c1-3-16(14-11-9-13(2)10-12-14)17-15-7-5-4-6-8-15/h4-5,9-12,15-17H,3,6-8H2,1-2H3. The molecule has 1 nitrogen and oxygen atoms in total. The molecule has 1 N–H and O–H groups in total. The van der Waals surface area contributed by atoms with Gasteiger partial charge in [0.25, 0.3) is 0 Å². The predicted octanol–water partition coefficient (Wildman–Crippen LogP) is 4.14. The van der Waals surface area contributed by atoms with Crippen LogP contribution in [0.2, 0.25) is 0 Å². The average Bonchev–Trinajstić information content (AvgIpc) is 2.38. The van der Waals surface area contributed by atoms with Crippen molar-refractivity contribution in [1.29, 1.82) is 0 Å². The smallest absolute Gasteiger partial charge is 0.0320 e. The summed E-state index contributed by atoms with van der Waals surface area (Å²) in [6.45, 7) is 4.40. The van der Waals surface area contributed by atoms with Gasteiger partial charge in [0.1, 0.15) is 0 Å². The normalized spacial score (nSPS) is 21.4. The van der Waals surface area contributed by atoms with E-state index in [2.05, 4.69) is 55.6 Å². The number of benzene rings is 1. The summed E-state index contributed by atoms with van der Waals surface area (Å²) in [6, 6.07) is 10.1. The molecule has 92 valence electrons. The van der Waals surface area contributed by atoms with Crippen LogP contribution < -0.4 is 5.32 Å². The van der Waals surface area contributed by atoms with E-state index in [4.69, 9.17) is 0 Å². The Labute approximate surface area is 105 Å². The Hall–Kier alpha value is -1.08. The molecule has 1 heteroatoms. The minimum atomic E-state index is 0.507. The van der Waals surface area contributed by atoms with Crippen LogP contribution in [0.4, 0.5) is 0 Å². The van der Waals surface area contributed by atoms with Crippen molar-refractivity contribution in [3.8, 4) is 0 Å². The molecule has 0 heterocycles. The van der Waals surface area contributed by atoms with E-state index in [0.717, 1.165) is 6.42 Å². The second-order valence-electron chi connectivity index (χ2n) is 5.02. The van der Waals surface area contributed by atoms with E-state index in [0.29, 0.717) is 12.1 Å². The molecule has 0 bridgehead atoms. The largest absolute Gasteiger partial charge is 0.307 e. The fourth-order valence-electron chi connectivity index (χ4n) is 2.48. The van der Waals surface area contributed by atoms with Gasteiger partial charge in [0.15, 0.2) is 0 Å². The summed E-state index contributed by atoms with van der Waals surface area (Å²) in [7, 11) is 0. The number of nitrogens with one attached hydrogen (secondary N) is 1. The third kappa shape index (κ3) is 3.44. The molecule has 1 aromatic rings. The highest BCUT2D eigenvalue weighted by atomic mass is 14.9. The van der Waals surface area contributed by atoms with E-state index in [1.165, 1.54) is 30.4 Å². The van der Waals surface area contributed by atoms with Gasteiger partial charge >= 0.3 is 0 Å². The first-order valence-corrected chi connectivity index (χ1v) is 6.77. The van der Waals surface area contributed by atoms with Crippen LogP contribution in [0, 0.1) is 6.92 Å². The van der Waals surface area contributed by atoms with Gasteiger partial charge in [-0.2, -0.15) is 0 Å². The van der Waals surface area contributed by atoms with Crippen molar-refractivity contribution in [2.45, 2.75) is 51.6 Å². The molecular weight excluding hydrogens is 206 g/mol. The maximum atomic E-state index is 3.79. The highest BCUT2D eigenvalue weighted by Gasteiger charge is 2.15. The van der Waals surface area contributed by atoms with Crippen LogP contribution in [0.5, 0.6) is 0 Å². The van der Waals surface area contributed by atoms with Crippen LogP contribution in [0.3, 0.4) is 0 Å². The molecule has 0 saturated heterocycles. The Bertz CT molecular complexity index is 364. The first-order valence-electron chi connectivity index (χ1n) is 6.77. The molecule has 0 aromatic heterocycles. The molecule has 2 unspecified atom stereocenters. The molecule has 0 fully saturated rings. The van der Waals surface area contributed by atoms with Crippen molar-refractivity contribution in [2.75, 3.05) is 0 Å². The van der Waals surface area contributed by atoms with Gasteiger partial charge in [0.2, 0.25) is 0 Å². The van der Waals surface area contributed by atoms with E-state index in [1.54, 1.807) is 0 Å². The van der Waals surface area contributed by atoms with Crippen molar-refractivity contribution in [1.82, 2.24) is 5.32 Å². The summed E-state index contributed by atoms with van der Waals surface area (Å²) in [4.78, 5) is 0. The zero-order valence-electron chi connectivity index (χ0n) is 10.9. The maximum Gasteiger partial charge on any atom is 0.0320 e. The Morgan fingerprint density at radius 2 is 2.00 bits per heavy atom. The quantitative estimate of drug-likeness (QED) is 0.765. The monoisotopic (exact) mass is 229 g/mol. The molecule has 1 aliphatic carbocycles. The van der Waals surface area contributed by atoms with Gasteiger partial charge in [0, 0.05) is 12.1 Å². The second kappa shape index (κ2) is 6.02. The maximum absolute atomic E-state index is 3.79. The van der Waals surface area contributed by atoms with Gasteiger partial charge in [-0.1, -0.05) is 48.9 Å². The lowest BCUT2D eigenvalue weighted by atomic mass is 9.97. The van der Waals surface area contributed by atoms with E-state index < -0.39 is 0 Å². The van der Waals surface area contributed by atoms with Crippen LogP contribution in [-0.2, 0) is 0 Å². The van der Waals surface area contributed by atoms with Crippen molar-refractivity contribution in [3.05, 3.63) is 47.5 Å². The van der Waals surface area contributed by atoms with E-state index in [1.807, 2.05) is 0 Å². The lowest BCUT2D eigenvalue weighted by Crippen LogP contribution is -2.33. The van der Waals surface area contributed by atoms with E-state index >= 15 is 0 Å². The van der Waals surface area contributed by atoms with Crippen molar-refractivity contribution >= 4 is 0 Å². The minimum absolute atomic E-state index is 0.507. The molecule has 17 heavy (non-hydrogen) atoms. The topological polar surface area (TPSA) is 12.0 Å². The summed E-state index contributed by atoms with van der Waals surface area (Å²) < 4.78 is 0. The van der Waals surface area contributed by atoms with Crippen LogP contribution >= 0.6 is 0 Å². The SMILES string of the molecule is CCC(NC1CC=CCC1)c1ccc(C)cc1. The number of hydrogen-bond acceptors (Lipinski definition) is 1. The first-order chi connectivity index (χ1) is 8.29. The van der Waals surface area contributed by atoms with Crippen LogP contribution in [0.1, 0.15) is 49.8 Å². The highest BCUT2D eigenvalue weighted by Crippen LogP contribution is 2.21. The Morgan fingerprint density at radius 1 is 1.24 bits per heavy atom. The third-order valence-corrected chi connectivity index (χ3v) is 3.59. The Kier molecular flexibility index (Phi) is 4.38. The van der Waals surface area contributed by atoms with E-state index in [9.17, 15) is 0 Å². The summed E-state index contributed by atoms with van der Waals surface area (Å²) in [5.74, 6) is 0. The Morgan fingerprint density at radius 3 is 2.59 bits per heavy atom. The van der Waals surface area contributed by atoms with Gasteiger partial charge in [0.05, 0.1) is 0 Å². The molecule has 0 radical (unpaired) electrons. The van der Waals surface area contributed by atoms with Gasteiger partial charge < -0.3 is 5.32 Å². The Balaban J connectivity index is 2.00. The second-order valence-corrected chi connectivity index (χ2v) is 5.02. The number of aryl methyl sites for hydroxylation is 1. The number of allylic oxidation sites excluding steroid dienone is 1. The summed E-state index contributed by atoms with van der Waals surface area (Å²) >= 11 is 0. The zero-order valence-corrected chi connectivity index (χ0v) is 10.9. The molecular formula is C16H23N.